The number of nitrogens with one attached hydrogen (secondary N) is 1. The first-order valence-corrected chi connectivity index (χ1v) is 11.3. The van der Waals surface area contributed by atoms with Crippen LogP contribution < -0.4 is 5.32 Å². The van der Waals surface area contributed by atoms with Crippen molar-refractivity contribution in [1.82, 2.24) is 4.31 Å². The van der Waals surface area contributed by atoms with Gasteiger partial charge in [-0.05, 0) is 48.2 Å². The lowest BCUT2D eigenvalue weighted by Crippen LogP contribution is -2.41. The smallest absolute Gasteiger partial charge is 0.227 e. The second kappa shape index (κ2) is 9.40. The summed E-state index contributed by atoms with van der Waals surface area (Å²) in [6.45, 7) is 0.657. The van der Waals surface area contributed by atoms with Crippen molar-refractivity contribution in [3.8, 4) is 6.07 Å². The van der Waals surface area contributed by atoms with E-state index in [1.165, 1.54) is 4.31 Å². The Labute approximate surface area is 176 Å². The van der Waals surface area contributed by atoms with Crippen molar-refractivity contribution in [3.63, 3.8) is 0 Å². The fourth-order valence-electron chi connectivity index (χ4n) is 3.32. The Balaban J connectivity index is 1.53. The number of hydrogen-bond acceptors (Lipinski definition) is 4. The lowest BCUT2D eigenvalue weighted by atomic mass is 9.97. The number of benzene rings is 2. The number of nitrogens with zero attached hydrogens (tertiary/aromatic N) is 2. The van der Waals surface area contributed by atoms with Gasteiger partial charge in [0.15, 0.2) is 0 Å². The minimum absolute atomic E-state index is 0.0733. The number of rotatable bonds is 6. The van der Waals surface area contributed by atoms with E-state index in [1.54, 1.807) is 36.4 Å². The standard InChI is InChI=1S/C21H22ClN3O3S/c22-19-5-1-17(2-6-19)15-29(27,28)25-13-10-18(11-14-25)21(26)24-20-7-3-16(4-8-20)9-12-23/h1-8,18H,9-11,13-15H2,(H,24,26). The van der Waals surface area contributed by atoms with Gasteiger partial charge in [-0.25, -0.2) is 12.7 Å². The van der Waals surface area contributed by atoms with E-state index < -0.39 is 10.0 Å². The second-order valence-electron chi connectivity index (χ2n) is 7.08. The number of anilines is 1. The van der Waals surface area contributed by atoms with E-state index in [0.29, 0.717) is 48.6 Å². The highest BCUT2D eigenvalue weighted by Gasteiger charge is 2.31. The van der Waals surface area contributed by atoms with Gasteiger partial charge in [0.05, 0.1) is 18.2 Å². The van der Waals surface area contributed by atoms with Crippen molar-refractivity contribution in [2.75, 3.05) is 18.4 Å². The van der Waals surface area contributed by atoms with Crippen LogP contribution in [0.25, 0.3) is 0 Å². The maximum Gasteiger partial charge on any atom is 0.227 e. The molecule has 0 spiro atoms. The predicted molar refractivity (Wildman–Crippen MR) is 113 cm³/mol. The summed E-state index contributed by atoms with van der Waals surface area (Å²) < 4.78 is 26.8. The quantitative estimate of drug-likeness (QED) is 0.756. The first-order chi connectivity index (χ1) is 13.9. The van der Waals surface area contributed by atoms with E-state index in [1.807, 2.05) is 12.1 Å². The van der Waals surface area contributed by atoms with Gasteiger partial charge in [0.2, 0.25) is 15.9 Å². The molecule has 29 heavy (non-hydrogen) atoms. The van der Waals surface area contributed by atoms with Gasteiger partial charge in [-0.1, -0.05) is 35.9 Å². The average Bonchev–Trinajstić information content (AvgIpc) is 2.71. The number of carbonyl (C=O) groups is 1. The zero-order valence-corrected chi connectivity index (χ0v) is 17.4. The van der Waals surface area contributed by atoms with E-state index in [4.69, 9.17) is 16.9 Å². The molecule has 0 saturated carbocycles. The monoisotopic (exact) mass is 431 g/mol. The van der Waals surface area contributed by atoms with Gasteiger partial charge in [0, 0.05) is 29.7 Å². The molecule has 3 rings (SSSR count). The van der Waals surface area contributed by atoms with E-state index in [-0.39, 0.29) is 17.6 Å². The molecule has 0 aliphatic carbocycles. The zero-order chi connectivity index (χ0) is 20.9. The molecule has 0 radical (unpaired) electrons. The van der Waals surface area contributed by atoms with Gasteiger partial charge in [-0.3, -0.25) is 4.79 Å². The van der Waals surface area contributed by atoms with Gasteiger partial charge in [0.1, 0.15) is 0 Å². The van der Waals surface area contributed by atoms with Crippen LogP contribution in [-0.2, 0) is 27.0 Å². The summed E-state index contributed by atoms with van der Waals surface area (Å²) in [5, 5.41) is 12.1. The molecule has 0 atom stereocenters. The van der Waals surface area contributed by atoms with Crippen LogP contribution in [0, 0.1) is 17.2 Å². The van der Waals surface area contributed by atoms with Crippen LogP contribution in [0.5, 0.6) is 0 Å². The maximum absolute atomic E-state index is 12.7. The molecule has 0 unspecified atom stereocenters. The molecule has 152 valence electrons. The molecule has 8 heteroatoms. The number of nitriles is 1. The predicted octanol–water partition coefficient (Wildman–Crippen LogP) is 3.59. The maximum atomic E-state index is 12.7. The Morgan fingerprint density at radius 3 is 2.24 bits per heavy atom. The fraction of sp³-hybridized carbons (Fsp3) is 0.333. The largest absolute Gasteiger partial charge is 0.326 e. The molecule has 1 N–H and O–H groups in total. The third-order valence-corrected chi connectivity index (χ3v) is 7.09. The SMILES string of the molecule is N#CCc1ccc(NC(=O)C2CCN(S(=O)(=O)Cc3ccc(Cl)cc3)CC2)cc1. The summed E-state index contributed by atoms with van der Waals surface area (Å²) in [5.74, 6) is -0.403. The van der Waals surface area contributed by atoms with Gasteiger partial charge < -0.3 is 5.32 Å². The Hall–Kier alpha value is -2.40. The van der Waals surface area contributed by atoms with Crippen molar-refractivity contribution < 1.29 is 13.2 Å². The minimum Gasteiger partial charge on any atom is -0.326 e. The summed E-state index contributed by atoms with van der Waals surface area (Å²) in [6.07, 6.45) is 1.30. The number of amides is 1. The third-order valence-electron chi connectivity index (χ3n) is 4.99. The summed E-state index contributed by atoms with van der Waals surface area (Å²) in [5.41, 5.74) is 2.26. The van der Waals surface area contributed by atoms with Gasteiger partial charge in [-0.2, -0.15) is 5.26 Å². The Morgan fingerprint density at radius 2 is 1.66 bits per heavy atom. The first kappa shape index (κ1) is 21.3. The highest BCUT2D eigenvalue weighted by atomic mass is 35.5. The normalized spacial score (nSPS) is 15.6. The summed E-state index contributed by atoms with van der Waals surface area (Å²) in [6, 6.07) is 16.0. The average molecular weight is 432 g/mol. The van der Waals surface area contributed by atoms with Crippen molar-refractivity contribution >= 4 is 33.2 Å². The highest BCUT2D eigenvalue weighted by molar-refractivity contribution is 7.88. The van der Waals surface area contributed by atoms with Crippen LogP contribution in [0.15, 0.2) is 48.5 Å². The molecule has 6 nitrogen and oxygen atoms in total. The number of piperidine rings is 1. The van der Waals surface area contributed by atoms with Crippen LogP contribution in [0.3, 0.4) is 0 Å². The summed E-state index contributed by atoms with van der Waals surface area (Å²) in [4.78, 5) is 12.5. The molecule has 1 saturated heterocycles. The molecule has 0 aromatic heterocycles. The molecule has 0 bridgehead atoms. The second-order valence-corrected chi connectivity index (χ2v) is 9.48. The fourth-order valence-corrected chi connectivity index (χ4v) is 5.01. The Morgan fingerprint density at radius 1 is 1.07 bits per heavy atom. The van der Waals surface area contributed by atoms with E-state index >= 15 is 0 Å². The molecule has 2 aromatic carbocycles. The number of halogens is 1. The Kier molecular flexibility index (Phi) is 6.91. The minimum atomic E-state index is -3.44. The molecule has 1 amide bonds. The van der Waals surface area contributed by atoms with Crippen molar-refractivity contribution in [1.29, 1.82) is 5.26 Å². The van der Waals surface area contributed by atoms with Crippen LogP contribution >= 0.6 is 11.6 Å². The van der Waals surface area contributed by atoms with Gasteiger partial charge >= 0.3 is 0 Å². The van der Waals surface area contributed by atoms with Crippen molar-refractivity contribution in [2.24, 2.45) is 5.92 Å². The number of carbonyl (C=O) groups excluding carboxylic acids is 1. The number of hydrogen-bond donors (Lipinski definition) is 1. The molecule has 1 aliphatic rings. The molecule has 1 aliphatic heterocycles. The van der Waals surface area contributed by atoms with Crippen LogP contribution in [-0.4, -0.2) is 31.7 Å². The zero-order valence-electron chi connectivity index (χ0n) is 15.8. The summed E-state index contributed by atoms with van der Waals surface area (Å²) in [7, 11) is -3.44. The summed E-state index contributed by atoms with van der Waals surface area (Å²) >= 11 is 5.85. The van der Waals surface area contributed by atoms with Crippen LogP contribution in [0.4, 0.5) is 5.69 Å². The van der Waals surface area contributed by atoms with E-state index in [9.17, 15) is 13.2 Å². The molecule has 1 fully saturated rings. The van der Waals surface area contributed by atoms with E-state index in [2.05, 4.69) is 11.4 Å². The van der Waals surface area contributed by atoms with Gasteiger partial charge in [-0.15, -0.1) is 0 Å². The first-order valence-electron chi connectivity index (χ1n) is 9.36. The molecular formula is C21H22ClN3O3S. The Bertz CT molecular complexity index is 991. The van der Waals surface area contributed by atoms with Crippen molar-refractivity contribution in [2.45, 2.75) is 25.0 Å². The molecule has 1 heterocycles. The van der Waals surface area contributed by atoms with Crippen LogP contribution in [0.2, 0.25) is 5.02 Å². The van der Waals surface area contributed by atoms with Crippen molar-refractivity contribution in [3.05, 3.63) is 64.7 Å². The van der Waals surface area contributed by atoms with Gasteiger partial charge in [0.25, 0.3) is 0 Å². The lowest BCUT2D eigenvalue weighted by molar-refractivity contribution is -0.120. The van der Waals surface area contributed by atoms with E-state index in [0.717, 1.165) is 5.56 Å². The lowest BCUT2D eigenvalue weighted by Gasteiger charge is -2.30. The topological polar surface area (TPSA) is 90.3 Å². The molecular weight excluding hydrogens is 410 g/mol. The molecule has 2 aromatic rings. The third kappa shape index (κ3) is 5.80. The highest BCUT2D eigenvalue weighted by Crippen LogP contribution is 2.23. The van der Waals surface area contributed by atoms with Crippen LogP contribution in [0.1, 0.15) is 24.0 Å². The number of sulfonamides is 1.